The zero-order chi connectivity index (χ0) is 18.1. The average Bonchev–Trinajstić information content (AvgIpc) is 2.61. The number of nitrogens with zero attached hydrogens (tertiary/aromatic N) is 3. The van der Waals surface area contributed by atoms with Gasteiger partial charge < -0.3 is 20.3 Å². The molecule has 0 aromatic heterocycles. The van der Waals surface area contributed by atoms with Gasteiger partial charge in [-0.2, -0.15) is 0 Å². The first-order valence-corrected chi connectivity index (χ1v) is 10.2. The number of rotatable bonds is 7. The van der Waals surface area contributed by atoms with Crippen molar-refractivity contribution >= 4 is 29.9 Å². The van der Waals surface area contributed by atoms with Crippen LogP contribution in [0.15, 0.2) is 4.99 Å². The molecular formula is C19H40IN5O. The van der Waals surface area contributed by atoms with Gasteiger partial charge in [-0.15, -0.1) is 24.0 Å². The molecule has 2 fully saturated rings. The summed E-state index contributed by atoms with van der Waals surface area (Å²) in [7, 11) is 0. The third kappa shape index (κ3) is 8.71. The predicted molar refractivity (Wildman–Crippen MR) is 121 cm³/mol. The van der Waals surface area contributed by atoms with E-state index in [4.69, 9.17) is 9.73 Å². The second kappa shape index (κ2) is 13.1. The predicted octanol–water partition coefficient (Wildman–Crippen LogP) is 2.00. The number of aliphatic imine (C=N–C) groups is 1. The molecule has 2 N–H and O–H groups in total. The van der Waals surface area contributed by atoms with E-state index in [0.29, 0.717) is 18.0 Å². The number of piperidine rings is 1. The zero-order valence-corrected chi connectivity index (χ0v) is 19.5. The molecule has 7 heteroatoms. The van der Waals surface area contributed by atoms with Crippen molar-refractivity contribution in [2.45, 2.75) is 52.6 Å². The third-order valence-electron chi connectivity index (χ3n) is 5.18. The van der Waals surface area contributed by atoms with Crippen molar-refractivity contribution in [3.8, 4) is 0 Å². The number of nitrogens with one attached hydrogen (secondary N) is 2. The first-order chi connectivity index (χ1) is 12.1. The number of guanidine groups is 1. The molecule has 26 heavy (non-hydrogen) atoms. The smallest absolute Gasteiger partial charge is 0.191 e. The lowest BCUT2D eigenvalue weighted by atomic mass is 10.0. The topological polar surface area (TPSA) is 52.1 Å². The molecule has 1 atom stereocenters. The lowest BCUT2D eigenvalue weighted by Crippen LogP contribution is -2.50. The molecular weight excluding hydrogens is 441 g/mol. The second-order valence-electron chi connectivity index (χ2n) is 7.79. The second-order valence-corrected chi connectivity index (χ2v) is 7.79. The van der Waals surface area contributed by atoms with E-state index < -0.39 is 0 Å². The Bertz CT molecular complexity index is 393. The van der Waals surface area contributed by atoms with Gasteiger partial charge in [-0.25, -0.2) is 0 Å². The molecule has 0 spiro atoms. The fourth-order valence-corrected chi connectivity index (χ4v) is 3.60. The monoisotopic (exact) mass is 481 g/mol. The van der Waals surface area contributed by atoms with E-state index in [0.717, 1.165) is 51.9 Å². The van der Waals surface area contributed by atoms with Gasteiger partial charge in [0.25, 0.3) is 0 Å². The highest BCUT2D eigenvalue weighted by Crippen LogP contribution is 2.13. The summed E-state index contributed by atoms with van der Waals surface area (Å²) in [5, 5.41) is 7.07. The van der Waals surface area contributed by atoms with Crippen LogP contribution in [0.3, 0.4) is 0 Å². The molecule has 0 amide bonds. The average molecular weight is 481 g/mol. The summed E-state index contributed by atoms with van der Waals surface area (Å²) in [6.07, 6.45) is 2.40. The fraction of sp³-hybridized carbons (Fsp3) is 0.947. The number of halogens is 1. The van der Waals surface area contributed by atoms with E-state index in [2.05, 4.69) is 48.1 Å². The molecule has 0 aromatic rings. The molecule has 154 valence electrons. The van der Waals surface area contributed by atoms with E-state index in [-0.39, 0.29) is 24.0 Å². The van der Waals surface area contributed by atoms with Crippen molar-refractivity contribution in [3.63, 3.8) is 0 Å². The summed E-state index contributed by atoms with van der Waals surface area (Å²) < 4.78 is 5.43. The SMILES string of the molecule is CCNC(=NCC(C)CN1CCOCC1)NC1CCN(C(C)C)CC1.I. The molecule has 0 bridgehead atoms. The molecule has 6 nitrogen and oxygen atoms in total. The van der Waals surface area contributed by atoms with Gasteiger partial charge in [0, 0.05) is 57.9 Å². The number of hydrogen-bond acceptors (Lipinski definition) is 4. The Morgan fingerprint density at radius 2 is 1.77 bits per heavy atom. The van der Waals surface area contributed by atoms with Crippen LogP contribution in [0.2, 0.25) is 0 Å². The Balaban J connectivity index is 0.00000338. The molecule has 0 aromatic carbocycles. The maximum Gasteiger partial charge on any atom is 0.191 e. The van der Waals surface area contributed by atoms with Crippen LogP contribution >= 0.6 is 24.0 Å². The summed E-state index contributed by atoms with van der Waals surface area (Å²) in [6.45, 7) is 18.1. The van der Waals surface area contributed by atoms with Crippen LogP contribution in [0.25, 0.3) is 0 Å². The van der Waals surface area contributed by atoms with E-state index >= 15 is 0 Å². The standard InChI is InChI=1S/C19H39N5O.HI/c1-5-20-19(22-18-6-8-24(9-7-18)16(2)3)21-14-17(4)15-23-10-12-25-13-11-23;/h16-18H,5-15H2,1-4H3,(H2,20,21,22);1H. The van der Waals surface area contributed by atoms with Gasteiger partial charge in [-0.05, 0) is 39.5 Å². The summed E-state index contributed by atoms with van der Waals surface area (Å²) in [6, 6.07) is 1.20. The van der Waals surface area contributed by atoms with Gasteiger partial charge in [-0.3, -0.25) is 9.89 Å². The fourth-order valence-electron chi connectivity index (χ4n) is 3.60. The molecule has 2 saturated heterocycles. The van der Waals surface area contributed by atoms with Gasteiger partial charge in [0.1, 0.15) is 0 Å². The first kappa shape index (κ1) is 23.9. The van der Waals surface area contributed by atoms with E-state index in [1.165, 1.54) is 25.9 Å². The maximum atomic E-state index is 5.43. The van der Waals surface area contributed by atoms with E-state index in [1.54, 1.807) is 0 Å². The first-order valence-electron chi connectivity index (χ1n) is 10.2. The molecule has 0 radical (unpaired) electrons. The lowest BCUT2D eigenvalue weighted by Gasteiger charge is -2.35. The van der Waals surface area contributed by atoms with E-state index in [9.17, 15) is 0 Å². The number of morpholine rings is 1. The minimum Gasteiger partial charge on any atom is -0.379 e. The van der Waals surface area contributed by atoms with Crippen LogP contribution in [0.5, 0.6) is 0 Å². The van der Waals surface area contributed by atoms with Gasteiger partial charge >= 0.3 is 0 Å². The van der Waals surface area contributed by atoms with E-state index in [1.807, 2.05) is 0 Å². The Kier molecular flexibility index (Phi) is 12.1. The van der Waals surface area contributed by atoms with Crippen LogP contribution in [0, 0.1) is 5.92 Å². The normalized spacial score (nSPS) is 22.1. The van der Waals surface area contributed by atoms with Gasteiger partial charge in [0.2, 0.25) is 0 Å². The Morgan fingerprint density at radius 1 is 1.12 bits per heavy atom. The molecule has 2 rings (SSSR count). The maximum absolute atomic E-state index is 5.43. The van der Waals surface area contributed by atoms with Gasteiger partial charge in [0.05, 0.1) is 13.2 Å². The van der Waals surface area contributed by atoms with Crippen molar-refractivity contribution in [2.75, 3.05) is 59.0 Å². The van der Waals surface area contributed by atoms with Crippen molar-refractivity contribution in [1.29, 1.82) is 0 Å². The molecule has 2 aliphatic heterocycles. The van der Waals surface area contributed by atoms with Crippen molar-refractivity contribution in [2.24, 2.45) is 10.9 Å². The largest absolute Gasteiger partial charge is 0.379 e. The number of ether oxygens (including phenoxy) is 1. The minimum atomic E-state index is 0. The van der Waals surface area contributed by atoms with Crippen molar-refractivity contribution in [3.05, 3.63) is 0 Å². The highest BCUT2D eigenvalue weighted by atomic mass is 127. The molecule has 2 heterocycles. The summed E-state index contributed by atoms with van der Waals surface area (Å²) in [5.41, 5.74) is 0. The summed E-state index contributed by atoms with van der Waals surface area (Å²) in [4.78, 5) is 9.90. The Labute approximate surface area is 177 Å². The molecule has 2 aliphatic rings. The zero-order valence-electron chi connectivity index (χ0n) is 17.2. The Hall–Kier alpha value is -0.120. The van der Waals surface area contributed by atoms with Crippen LogP contribution in [0.1, 0.15) is 40.5 Å². The van der Waals surface area contributed by atoms with Crippen LogP contribution in [-0.4, -0.2) is 86.9 Å². The van der Waals surface area contributed by atoms with Crippen molar-refractivity contribution in [1.82, 2.24) is 20.4 Å². The summed E-state index contributed by atoms with van der Waals surface area (Å²) >= 11 is 0. The number of hydrogen-bond donors (Lipinski definition) is 2. The number of likely N-dealkylation sites (tertiary alicyclic amines) is 1. The minimum absolute atomic E-state index is 0. The van der Waals surface area contributed by atoms with Crippen molar-refractivity contribution < 1.29 is 4.74 Å². The van der Waals surface area contributed by atoms with Crippen LogP contribution < -0.4 is 10.6 Å². The molecule has 1 unspecified atom stereocenters. The van der Waals surface area contributed by atoms with Gasteiger partial charge in [0.15, 0.2) is 5.96 Å². The summed E-state index contributed by atoms with van der Waals surface area (Å²) in [5.74, 6) is 1.55. The molecule has 0 saturated carbocycles. The van der Waals surface area contributed by atoms with Crippen LogP contribution in [-0.2, 0) is 4.74 Å². The molecule has 0 aliphatic carbocycles. The quantitative estimate of drug-likeness (QED) is 0.331. The van der Waals surface area contributed by atoms with Gasteiger partial charge in [-0.1, -0.05) is 6.92 Å². The highest BCUT2D eigenvalue weighted by Gasteiger charge is 2.21. The lowest BCUT2D eigenvalue weighted by molar-refractivity contribution is 0.0323. The third-order valence-corrected chi connectivity index (χ3v) is 5.18. The highest BCUT2D eigenvalue weighted by molar-refractivity contribution is 14.0. The Morgan fingerprint density at radius 3 is 2.35 bits per heavy atom. The van der Waals surface area contributed by atoms with Crippen LogP contribution in [0.4, 0.5) is 0 Å².